The van der Waals surface area contributed by atoms with E-state index in [1.807, 2.05) is 0 Å². The van der Waals surface area contributed by atoms with Gasteiger partial charge in [-0.05, 0) is 43.6 Å². The van der Waals surface area contributed by atoms with E-state index in [-0.39, 0.29) is 5.41 Å². The zero-order chi connectivity index (χ0) is 15.3. The van der Waals surface area contributed by atoms with Gasteiger partial charge in [0.1, 0.15) is 0 Å². The zero-order valence-electron chi connectivity index (χ0n) is 13.5. The van der Waals surface area contributed by atoms with Crippen LogP contribution in [0.1, 0.15) is 40.0 Å². The number of nitrogens with zero attached hydrogens (tertiary/aromatic N) is 1. The van der Waals surface area contributed by atoms with Crippen LogP contribution in [0.4, 0.5) is 0 Å². The Morgan fingerprint density at radius 3 is 2.95 bits per heavy atom. The Kier molecular flexibility index (Phi) is 5.46. The number of fused-ring (bicyclic) bond motifs is 1. The van der Waals surface area contributed by atoms with Gasteiger partial charge in [-0.15, -0.1) is 11.8 Å². The first-order valence-corrected chi connectivity index (χ1v) is 8.86. The van der Waals surface area contributed by atoms with Crippen molar-refractivity contribution >= 4 is 18.0 Å². The first-order chi connectivity index (χ1) is 10.1. The van der Waals surface area contributed by atoms with Crippen molar-refractivity contribution in [3.8, 4) is 0 Å². The van der Waals surface area contributed by atoms with Gasteiger partial charge >= 0.3 is 0 Å². The Morgan fingerprint density at radius 1 is 1.43 bits per heavy atom. The van der Waals surface area contributed by atoms with Gasteiger partial charge in [0.2, 0.25) is 0 Å². The van der Waals surface area contributed by atoms with Crippen molar-refractivity contribution in [1.29, 1.82) is 0 Å². The first kappa shape index (κ1) is 16.1. The van der Waals surface area contributed by atoms with Crippen LogP contribution in [0.2, 0.25) is 0 Å². The molecule has 2 rings (SSSR count). The maximum atomic E-state index is 4.74. The van der Waals surface area contributed by atoms with Crippen molar-refractivity contribution in [1.82, 2.24) is 0 Å². The van der Waals surface area contributed by atoms with Crippen molar-refractivity contribution in [2.45, 2.75) is 40.0 Å². The molecule has 1 unspecified atom stereocenters. The van der Waals surface area contributed by atoms with E-state index in [0.717, 1.165) is 25.0 Å². The summed E-state index contributed by atoms with van der Waals surface area (Å²) in [4.78, 5) is 6.10. The lowest BCUT2D eigenvalue weighted by Crippen LogP contribution is -2.23. The van der Waals surface area contributed by atoms with Crippen LogP contribution in [-0.4, -0.2) is 12.5 Å². The third kappa shape index (κ3) is 3.49. The Hall–Kier alpha value is -1.28. The van der Waals surface area contributed by atoms with E-state index in [1.54, 1.807) is 11.8 Å². The molecule has 112 valence electrons. The fourth-order valence-corrected chi connectivity index (χ4v) is 3.54. The predicted molar refractivity (Wildman–Crippen MR) is 96.8 cm³/mol. The molecule has 0 saturated heterocycles. The van der Waals surface area contributed by atoms with Crippen LogP contribution in [0, 0.1) is 5.41 Å². The predicted octanol–water partition coefficient (Wildman–Crippen LogP) is 5.84. The molecule has 2 aliphatic rings. The summed E-state index contributed by atoms with van der Waals surface area (Å²) in [5, 5.41) is 0. The molecule has 0 N–H and O–H groups in total. The average Bonchev–Trinajstić information content (AvgIpc) is 2.68. The molecule has 0 aliphatic heterocycles. The minimum absolute atomic E-state index is 0.0667. The second-order valence-electron chi connectivity index (χ2n) is 5.71. The molecular weight excluding hydrogens is 274 g/mol. The molecule has 0 radical (unpaired) electrons. The van der Waals surface area contributed by atoms with Crippen LogP contribution >= 0.6 is 11.8 Å². The Balaban J connectivity index is 2.31. The molecule has 0 amide bonds. The van der Waals surface area contributed by atoms with Gasteiger partial charge in [-0.1, -0.05) is 50.3 Å². The fraction of sp³-hybridized carbons (Fsp3) is 0.421. The maximum absolute atomic E-state index is 4.74. The normalized spacial score (nSPS) is 26.1. The Labute approximate surface area is 133 Å². The van der Waals surface area contributed by atoms with E-state index in [0.29, 0.717) is 0 Å². The number of hydrogen-bond acceptors (Lipinski definition) is 2. The van der Waals surface area contributed by atoms with Crippen LogP contribution in [0.15, 0.2) is 63.2 Å². The van der Waals surface area contributed by atoms with E-state index in [9.17, 15) is 0 Å². The first-order valence-electron chi connectivity index (χ1n) is 7.64. The van der Waals surface area contributed by atoms with Crippen molar-refractivity contribution in [2.75, 3.05) is 6.26 Å². The van der Waals surface area contributed by atoms with Crippen LogP contribution in [-0.2, 0) is 0 Å². The highest BCUT2D eigenvalue weighted by Crippen LogP contribution is 2.43. The van der Waals surface area contributed by atoms with E-state index in [1.165, 1.54) is 16.1 Å². The van der Waals surface area contributed by atoms with Crippen LogP contribution in [0.25, 0.3) is 0 Å². The van der Waals surface area contributed by atoms with Crippen molar-refractivity contribution in [2.24, 2.45) is 10.4 Å². The van der Waals surface area contributed by atoms with E-state index in [2.05, 4.69) is 69.7 Å². The lowest BCUT2D eigenvalue weighted by atomic mass is 9.71. The van der Waals surface area contributed by atoms with Gasteiger partial charge in [0.05, 0.1) is 0 Å². The summed E-state index contributed by atoms with van der Waals surface area (Å²) in [6.45, 7) is 6.62. The summed E-state index contributed by atoms with van der Waals surface area (Å²) in [5.74, 6) is 0. The topological polar surface area (TPSA) is 12.4 Å². The largest absolute Gasteiger partial charge is 0.260 e. The number of thioether (sulfide) groups is 1. The Bertz CT molecular complexity index is 566. The summed E-state index contributed by atoms with van der Waals surface area (Å²) < 4.78 is 0. The standard InChI is InChI=1S/C19H25NS/c1-5-18(21-4)15(2)20-14-17-12-9-11-16-10-7-6-8-13-19(16,17)3/h6,8-12,14H,5,7,13H2,1-4H3/b18-15-,20-14?. The molecule has 0 heterocycles. The van der Waals surface area contributed by atoms with Gasteiger partial charge in [0.15, 0.2) is 0 Å². The van der Waals surface area contributed by atoms with E-state index < -0.39 is 0 Å². The molecule has 2 heteroatoms. The molecule has 2 aliphatic carbocycles. The van der Waals surface area contributed by atoms with E-state index in [4.69, 9.17) is 4.99 Å². The highest BCUT2D eigenvalue weighted by molar-refractivity contribution is 8.02. The summed E-state index contributed by atoms with van der Waals surface area (Å²) >= 11 is 1.80. The third-order valence-corrected chi connectivity index (χ3v) is 5.44. The molecule has 1 nitrogen and oxygen atoms in total. The zero-order valence-corrected chi connectivity index (χ0v) is 14.3. The van der Waals surface area contributed by atoms with Gasteiger partial charge < -0.3 is 0 Å². The molecule has 0 aromatic heterocycles. The highest BCUT2D eigenvalue weighted by atomic mass is 32.2. The smallest absolute Gasteiger partial charge is 0.0467 e. The van der Waals surface area contributed by atoms with Gasteiger partial charge in [0, 0.05) is 22.2 Å². The molecule has 1 atom stereocenters. The van der Waals surface area contributed by atoms with Crippen LogP contribution in [0.5, 0.6) is 0 Å². The number of rotatable bonds is 4. The summed E-state index contributed by atoms with van der Waals surface area (Å²) in [7, 11) is 0. The van der Waals surface area contributed by atoms with Gasteiger partial charge in [-0.2, -0.15) is 0 Å². The SMILES string of the molecule is CC/C(SC)=C(\C)N=CC1=CC=CC2=CCC=CCC12C. The molecule has 0 fully saturated rings. The summed E-state index contributed by atoms with van der Waals surface area (Å²) in [6, 6.07) is 0. The summed E-state index contributed by atoms with van der Waals surface area (Å²) in [5.41, 5.74) is 3.92. The minimum atomic E-state index is 0.0667. The lowest BCUT2D eigenvalue weighted by molar-refractivity contribution is 0.517. The van der Waals surface area contributed by atoms with Crippen LogP contribution < -0.4 is 0 Å². The van der Waals surface area contributed by atoms with Gasteiger partial charge in [-0.25, -0.2) is 0 Å². The molecule has 0 bridgehead atoms. The molecule has 0 aromatic carbocycles. The quantitative estimate of drug-likeness (QED) is 0.469. The maximum Gasteiger partial charge on any atom is 0.0467 e. The number of aliphatic imine (C=N–C) groups is 1. The molecule has 0 saturated carbocycles. The van der Waals surface area contributed by atoms with Crippen molar-refractivity contribution < 1.29 is 0 Å². The minimum Gasteiger partial charge on any atom is -0.260 e. The van der Waals surface area contributed by atoms with Crippen LogP contribution in [0.3, 0.4) is 0 Å². The van der Waals surface area contributed by atoms with Gasteiger partial charge in [-0.3, -0.25) is 4.99 Å². The number of hydrogen-bond donors (Lipinski definition) is 0. The monoisotopic (exact) mass is 299 g/mol. The molecule has 21 heavy (non-hydrogen) atoms. The number of allylic oxidation sites excluding steroid dienone is 10. The fourth-order valence-electron chi connectivity index (χ4n) is 2.90. The molecular formula is C19H25NS. The van der Waals surface area contributed by atoms with E-state index >= 15 is 0 Å². The second-order valence-corrected chi connectivity index (χ2v) is 6.61. The average molecular weight is 299 g/mol. The molecule has 0 spiro atoms. The van der Waals surface area contributed by atoms with Gasteiger partial charge in [0.25, 0.3) is 0 Å². The highest BCUT2D eigenvalue weighted by Gasteiger charge is 2.32. The van der Waals surface area contributed by atoms with Crippen molar-refractivity contribution in [3.05, 3.63) is 58.2 Å². The van der Waals surface area contributed by atoms with Crippen molar-refractivity contribution in [3.63, 3.8) is 0 Å². The second kappa shape index (κ2) is 7.13. The lowest BCUT2D eigenvalue weighted by Gasteiger charge is -2.33. The third-order valence-electron chi connectivity index (χ3n) is 4.36. The molecule has 0 aromatic rings. The summed E-state index contributed by atoms with van der Waals surface area (Å²) in [6.07, 6.45) is 20.8. The Morgan fingerprint density at radius 2 is 2.24 bits per heavy atom.